The molecule has 1 unspecified atom stereocenters. The number of benzene rings is 1. The summed E-state index contributed by atoms with van der Waals surface area (Å²) in [5, 5.41) is 2.98. The molecule has 2 rings (SSSR count). The summed E-state index contributed by atoms with van der Waals surface area (Å²) in [5.41, 5.74) is 3.95. The maximum atomic E-state index is 12.1. The lowest BCUT2D eigenvalue weighted by atomic mass is 10.0. The molecule has 2 aromatic rings. The molecule has 0 spiro atoms. The summed E-state index contributed by atoms with van der Waals surface area (Å²) in [7, 11) is 0. The second-order valence-electron chi connectivity index (χ2n) is 4.92. The highest BCUT2D eigenvalue weighted by atomic mass is 79.9. The molecule has 0 aliphatic carbocycles. The molecule has 1 atom stereocenters. The van der Waals surface area contributed by atoms with Gasteiger partial charge in [0.1, 0.15) is 5.69 Å². The largest absolute Gasteiger partial charge is 0.344 e. The van der Waals surface area contributed by atoms with E-state index < -0.39 is 0 Å². The molecule has 0 saturated carbocycles. The molecule has 1 amide bonds. The second-order valence-corrected chi connectivity index (χ2v) is 5.83. The number of aryl methyl sites for hydroxylation is 2. The third-order valence-electron chi connectivity index (χ3n) is 3.20. The van der Waals surface area contributed by atoms with E-state index in [0.29, 0.717) is 5.69 Å². The van der Waals surface area contributed by atoms with Crippen molar-refractivity contribution in [3.63, 3.8) is 0 Å². The molecule has 4 heteroatoms. The third-order valence-corrected chi connectivity index (χ3v) is 3.67. The first-order valence-electron chi connectivity index (χ1n) is 6.47. The van der Waals surface area contributed by atoms with Gasteiger partial charge in [-0.3, -0.25) is 4.79 Å². The van der Waals surface area contributed by atoms with E-state index in [1.807, 2.05) is 13.0 Å². The van der Waals surface area contributed by atoms with Gasteiger partial charge in [-0.1, -0.05) is 23.8 Å². The van der Waals surface area contributed by atoms with Gasteiger partial charge >= 0.3 is 0 Å². The first kappa shape index (κ1) is 14.7. The second kappa shape index (κ2) is 6.18. The van der Waals surface area contributed by atoms with Gasteiger partial charge < -0.3 is 5.32 Å². The first-order chi connectivity index (χ1) is 9.47. The fourth-order valence-electron chi connectivity index (χ4n) is 2.17. The summed E-state index contributed by atoms with van der Waals surface area (Å²) < 4.78 is 0.858. The standard InChI is InChI=1S/C16H17BrN2O/c1-10-4-6-14(11(2)8-10)12(3)19-16(20)15-7-5-13(17)9-18-15/h4-9,12H,1-3H3,(H,19,20). The van der Waals surface area contributed by atoms with Crippen LogP contribution < -0.4 is 5.32 Å². The monoisotopic (exact) mass is 332 g/mol. The third kappa shape index (κ3) is 3.45. The topological polar surface area (TPSA) is 42.0 Å². The first-order valence-corrected chi connectivity index (χ1v) is 7.26. The lowest BCUT2D eigenvalue weighted by Gasteiger charge is -2.17. The van der Waals surface area contributed by atoms with Crippen molar-refractivity contribution in [2.24, 2.45) is 0 Å². The zero-order valence-electron chi connectivity index (χ0n) is 11.8. The van der Waals surface area contributed by atoms with Crippen LogP contribution in [0.25, 0.3) is 0 Å². The molecule has 0 saturated heterocycles. The number of aromatic nitrogens is 1. The Labute approximate surface area is 127 Å². The van der Waals surface area contributed by atoms with E-state index in [9.17, 15) is 4.79 Å². The molecular formula is C16H17BrN2O. The number of carbonyl (C=O) groups excluding carboxylic acids is 1. The van der Waals surface area contributed by atoms with Crippen LogP contribution >= 0.6 is 15.9 Å². The van der Waals surface area contributed by atoms with Gasteiger partial charge in [0.05, 0.1) is 6.04 Å². The number of rotatable bonds is 3. The van der Waals surface area contributed by atoms with Gasteiger partial charge in [-0.05, 0) is 60.0 Å². The van der Waals surface area contributed by atoms with E-state index in [4.69, 9.17) is 0 Å². The Hall–Kier alpha value is -1.68. The van der Waals surface area contributed by atoms with Crippen LogP contribution in [0.4, 0.5) is 0 Å². The van der Waals surface area contributed by atoms with E-state index >= 15 is 0 Å². The van der Waals surface area contributed by atoms with Crippen molar-refractivity contribution in [1.29, 1.82) is 0 Å². The van der Waals surface area contributed by atoms with Crippen molar-refractivity contribution in [3.8, 4) is 0 Å². The fourth-order valence-corrected chi connectivity index (χ4v) is 2.40. The number of hydrogen-bond donors (Lipinski definition) is 1. The quantitative estimate of drug-likeness (QED) is 0.924. The summed E-state index contributed by atoms with van der Waals surface area (Å²) >= 11 is 3.30. The number of pyridine rings is 1. The molecule has 1 heterocycles. The van der Waals surface area contributed by atoms with Crippen molar-refractivity contribution in [2.45, 2.75) is 26.8 Å². The molecular weight excluding hydrogens is 316 g/mol. The zero-order chi connectivity index (χ0) is 14.7. The Morgan fingerprint density at radius 1 is 1.25 bits per heavy atom. The van der Waals surface area contributed by atoms with Crippen molar-refractivity contribution < 1.29 is 4.79 Å². The zero-order valence-corrected chi connectivity index (χ0v) is 13.4. The summed E-state index contributed by atoms with van der Waals surface area (Å²) in [4.78, 5) is 16.2. The maximum Gasteiger partial charge on any atom is 0.270 e. The van der Waals surface area contributed by atoms with E-state index in [-0.39, 0.29) is 11.9 Å². The maximum absolute atomic E-state index is 12.1. The van der Waals surface area contributed by atoms with Gasteiger partial charge in [0.15, 0.2) is 0 Å². The van der Waals surface area contributed by atoms with Crippen LogP contribution in [0.5, 0.6) is 0 Å². The van der Waals surface area contributed by atoms with Crippen molar-refractivity contribution in [1.82, 2.24) is 10.3 Å². The molecule has 0 fully saturated rings. The Morgan fingerprint density at radius 2 is 2.00 bits per heavy atom. The summed E-state index contributed by atoms with van der Waals surface area (Å²) in [6.07, 6.45) is 1.62. The molecule has 20 heavy (non-hydrogen) atoms. The molecule has 0 aliphatic heterocycles. The minimum Gasteiger partial charge on any atom is -0.344 e. The van der Waals surface area contributed by atoms with Crippen molar-refractivity contribution >= 4 is 21.8 Å². The van der Waals surface area contributed by atoms with Crippen LogP contribution in [0.2, 0.25) is 0 Å². The normalized spacial score (nSPS) is 12.0. The molecule has 3 nitrogen and oxygen atoms in total. The van der Waals surface area contributed by atoms with Crippen LogP contribution in [0, 0.1) is 13.8 Å². The van der Waals surface area contributed by atoms with Crippen LogP contribution in [0.15, 0.2) is 41.0 Å². The minimum atomic E-state index is -0.162. The molecule has 1 N–H and O–H groups in total. The SMILES string of the molecule is Cc1ccc(C(C)NC(=O)c2ccc(Br)cn2)c(C)c1. The Bertz CT molecular complexity index is 623. The molecule has 0 bridgehead atoms. The average molecular weight is 333 g/mol. The summed E-state index contributed by atoms with van der Waals surface area (Å²) in [6, 6.07) is 9.70. The number of halogens is 1. The predicted octanol–water partition coefficient (Wildman–Crippen LogP) is 3.95. The van der Waals surface area contributed by atoms with E-state index in [0.717, 1.165) is 10.0 Å². The lowest BCUT2D eigenvalue weighted by molar-refractivity contribution is 0.0935. The lowest BCUT2D eigenvalue weighted by Crippen LogP contribution is -2.27. The van der Waals surface area contributed by atoms with Crippen molar-refractivity contribution in [2.75, 3.05) is 0 Å². The van der Waals surface area contributed by atoms with Gasteiger partial charge in [0.2, 0.25) is 0 Å². The van der Waals surface area contributed by atoms with E-state index in [1.54, 1.807) is 12.3 Å². The van der Waals surface area contributed by atoms with Gasteiger partial charge in [-0.15, -0.1) is 0 Å². The molecule has 0 aliphatic rings. The van der Waals surface area contributed by atoms with Gasteiger partial charge in [0, 0.05) is 10.7 Å². The molecule has 104 valence electrons. The smallest absolute Gasteiger partial charge is 0.270 e. The Morgan fingerprint density at radius 3 is 2.60 bits per heavy atom. The van der Waals surface area contributed by atoms with Crippen LogP contribution in [0.1, 0.15) is 40.1 Å². The fraction of sp³-hybridized carbons (Fsp3) is 0.250. The predicted molar refractivity (Wildman–Crippen MR) is 83.7 cm³/mol. The van der Waals surface area contributed by atoms with Gasteiger partial charge in [-0.2, -0.15) is 0 Å². The number of carbonyl (C=O) groups is 1. The Balaban J connectivity index is 2.12. The van der Waals surface area contributed by atoms with E-state index in [2.05, 4.69) is 58.3 Å². The molecule has 1 aromatic heterocycles. The number of amides is 1. The van der Waals surface area contributed by atoms with Gasteiger partial charge in [0.25, 0.3) is 5.91 Å². The number of nitrogens with zero attached hydrogens (tertiary/aromatic N) is 1. The average Bonchev–Trinajstić information content (AvgIpc) is 2.39. The Kier molecular flexibility index (Phi) is 4.55. The highest BCUT2D eigenvalue weighted by molar-refractivity contribution is 9.10. The van der Waals surface area contributed by atoms with Gasteiger partial charge in [-0.25, -0.2) is 4.98 Å². The number of nitrogens with one attached hydrogen (secondary N) is 1. The minimum absolute atomic E-state index is 0.0476. The highest BCUT2D eigenvalue weighted by Gasteiger charge is 2.13. The van der Waals surface area contributed by atoms with Crippen LogP contribution in [0.3, 0.4) is 0 Å². The summed E-state index contributed by atoms with van der Waals surface area (Å²) in [5.74, 6) is -0.162. The van der Waals surface area contributed by atoms with Crippen molar-refractivity contribution in [3.05, 3.63) is 63.4 Å². The molecule has 1 aromatic carbocycles. The van der Waals surface area contributed by atoms with E-state index in [1.165, 1.54) is 11.1 Å². The number of hydrogen-bond acceptors (Lipinski definition) is 2. The van der Waals surface area contributed by atoms with Crippen LogP contribution in [-0.2, 0) is 0 Å². The summed E-state index contributed by atoms with van der Waals surface area (Å²) in [6.45, 7) is 6.10. The van der Waals surface area contributed by atoms with Crippen LogP contribution in [-0.4, -0.2) is 10.9 Å². The highest BCUT2D eigenvalue weighted by Crippen LogP contribution is 2.19. The molecule has 0 radical (unpaired) electrons.